The molecule has 122 valence electrons. The first-order valence-corrected chi connectivity index (χ1v) is 8.80. The van der Waals surface area contributed by atoms with Crippen molar-refractivity contribution in [3.05, 3.63) is 78.8 Å². The first-order valence-electron chi connectivity index (χ1n) is 7.64. The van der Waals surface area contributed by atoms with Crippen LogP contribution >= 0.6 is 11.8 Å². The highest BCUT2D eigenvalue weighted by atomic mass is 32.2. The van der Waals surface area contributed by atoms with Gasteiger partial charge in [0.15, 0.2) is 0 Å². The molecule has 0 spiro atoms. The SMILES string of the molecule is C=CCSCC(=O)NC(c1cccnc1)c1cc2ccccc2o1. The van der Waals surface area contributed by atoms with E-state index in [0.29, 0.717) is 11.5 Å². The Labute approximate surface area is 145 Å². The third kappa shape index (κ3) is 3.86. The van der Waals surface area contributed by atoms with Crippen molar-refractivity contribution < 1.29 is 9.21 Å². The van der Waals surface area contributed by atoms with Crippen LogP contribution in [0.5, 0.6) is 0 Å². The second-order valence-corrected chi connectivity index (χ2v) is 6.31. The zero-order valence-electron chi connectivity index (χ0n) is 13.1. The summed E-state index contributed by atoms with van der Waals surface area (Å²) in [5, 5.41) is 4.05. The van der Waals surface area contributed by atoms with Crippen molar-refractivity contribution in [3.8, 4) is 0 Å². The van der Waals surface area contributed by atoms with Gasteiger partial charge in [-0.2, -0.15) is 0 Å². The number of para-hydroxylation sites is 1. The molecule has 0 saturated heterocycles. The van der Waals surface area contributed by atoms with Gasteiger partial charge in [-0.3, -0.25) is 9.78 Å². The highest BCUT2D eigenvalue weighted by Crippen LogP contribution is 2.28. The predicted molar refractivity (Wildman–Crippen MR) is 98.0 cm³/mol. The molecule has 1 aromatic carbocycles. The first-order chi connectivity index (χ1) is 11.8. The monoisotopic (exact) mass is 338 g/mol. The van der Waals surface area contributed by atoms with Gasteiger partial charge in [0, 0.05) is 29.1 Å². The summed E-state index contributed by atoms with van der Waals surface area (Å²) < 4.78 is 5.95. The Balaban J connectivity index is 1.87. The lowest BCUT2D eigenvalue weighted by Gasteiger charge is -2.16. The largest absolute Gasteiger partial charge is 0.459 e. The fraction of sp³-hybridized carbons (Fsp3) is 0.158. The van der Waals surface area contributed by atoms with Crippen LogP contribution in [0.3, 0.4) is 0 Å². The fourth-order valence-corrected chi connectivity index (χ4v) is 3.00. The number of hydrogen-bond acceptors (Lipinski definition) is 4. The standard InChI is InChI=1S/C19H18N2O2S/c1-2-10-24-13-18(22)21-19(15-7-5-9-20-12-15)17-11-14-6-3-4-8-16(14)23-17/h2-9,11-12,19H,1,10,13H2,(H,21,22). The number of fused-ring (bicyclic) bond motifs is 1. The number of nitrogens with one attached hydrogen (secondary N) is 1. The van der Waals surface area contributed by atoms with Gasteiger partial charge in [0.1, 0.15) is 17.4 Å². The van der Waals surface area contributed by atoms with E-state index in [-0.39, 0.29) is 11.9 Å². The number of pyridine rings is 1. The van der Waals surface area contributed by atoms with E-state index in [4.69, 9.17) is 4.42 Å². The maximum Gasteiger partial charge on any atom is 0.230 e. The number of carbonyl (C=O) groups is 1. The molecule has 3 aromatic rings. The molecule has 0 aliphatic rings. The number of benzene rings is 1. The third-order valence-electron chi connectivity index (χ3n) is 3.52. The van der Waals surface area contributed by atoms with Crippen molar-refractivity contribution in [2.45, 2.75) is 6.04 Å². The number of hydrogen-bond donors (Lipinski definition) is 1. The van der Waals surface area contributed by atoms with Crippen LogP contribution in [0.25, 0.3) is 11.0 Å². The molecule has 1 N–H and O–H groups in total. The Kier molecular flexibility index (Phi) is 5.33. The van der Waals surface area contributed by atoms with Crippen molar-refractivity contribution in [1.82, 2.24) is 10.3 Å². The second kappa shape index (κ2) is 7.84. The molecular formula is C19H18N2O2S. The minimum Gasteiger partial charge on any atom is -0.459 e. The molecular weight excluding hydrogens is 320 g/mol. The zero-order valence-corrected chi connectivity index (χ0v) is 14.0. The number of amides is 1. The maximum absolute atomic E-state index is 12.3. The van der Waals surface area contributed by atoms with E-state index in [0.717, 1.165) is 22.3 Å². The van der Waals surface area contributed by atoms with E-state index in [1.165, 1.54) is 11.8 Å². The van der Waals surface area contributed by atoms with Crippen molar-refractivity contribution in [1.29, 1.82) is 0 Å². The summed E-state index contributed by atoms with van der Waals surface area (Å²) >= 11 is 1.52. The normalized spacial score (nSPS) is 12.0. The summed E-state index contributed by atoms with van der Waals surface area (Å²) in [6.07, 6.45) is 5.24. The molecule has 0 aliphatic heterocycles. The smallest absolute Gasteiger partial charge is 0.230 e. The van der Waals surface area contributed by atoms with E-state index in [1.54, 1.807) is 18.5 Å². The summed E-state index contributed by atoms with van der Waals surface area (Å²) in [4.78, 5) is 16.4. The van der Waals surface area contributed by atoms with Gasteiger partial charge in [-0.15, -0.1) is 18.3 Å². The van der Waals surface area contributed by atoms with Gasteiger partial charge >= 0.3 is 0 Å². The molecule has 3 rings (SSSR count). The van der Waals surface area contributed by atoms with Gasteiger partial charge in [-0.1, -0.05) is 30.3 Å². The Morgan fingerprint density at radius 3 is 2.96 bits per heavy atom. The van der Waals surface area contributed by atoms with Gasteiger partial charge in [0.2, 0.25) is 5.91 Å². The number of thioether (sulfide) groups is 1. The molecule has 0 radical (unpaired) electrons. The predicted octanol–water partition coefficient (Wildman–Crippen LogP) is 3.95. The van der Waals surface area contributed by atoms with Crippen LogP contribution in [0.4, 0.5) is 0 Å². The average Bonchev–Trinajstić information content (AvgIpc) is 3.04. The maximum atomic E-state index is 12.3. The van der Waals surface area contributed by atoms with Crippen LogP contribution < -0.4 is 5.32 Å². The Morgan fingerprint density at radius 2 is 2.21 bits per heavy atom. The van der Waals surface area contributed by atoms with E-state index in [2.05, 4.69) is 16.9 Å². The van der Waals surface area contributed by atoms with Gasteiger partial charge in [-0.05, 0) is 18.2 Å². The molecule has 0 saturated carbocycles. The summed E-state index contributed by atoms with van der Waals surface area (Å²) in [6.45, 7) is 3.66. The molecule has 2 aromatic heterocycles. The van der Waals surface area contributed by atoms with E-state index >= 15 is 0 Å². The molecule has 24 heavy (non-hydrogen) atoms. The van der Waals surface area contributed by atoms with E-state index < -0.39 is 0 Å². The van der Waals surface area contributed by atoms with Crippen LogP contribution in [-0.2, 0) is 4.79 Å². The van der Waals surface area contributed by atoms with Crippen molar-refractivity contribution in [3.63, 3.8) is 0 Å². The van der Waals surface area contributed by atoms with Gasteiger partial charge in [0.25, 0.3) is 0 Å². The van der Waals surface area contributed by atoms with Crippen LogP contribution in [-0.4, -0.2) is 22.4 Å². The molecule has 0 fully saturated rings. The summed E-state index contributed by atoms with van der Waals surface area (Å²) in [7, 11) is 0. The number of aromatic nitrogens is 1. The fourth-order valence-electron chi connectivity index (χ4n) is 2.45. The van der Waals surface area contributed by atoms with Crippen molar-refractivity contribution in [2.24, 2.45) is 0 Å². The van der Waals surface area contributed by atoms with Gasteiger partial charge in [-0.25, -0.2) is 0 Å². The highest BCUT2D eigenvalue weighted by molar-refractivity contribution is 8.00. The molecule has 0 aliphatic carbocycles. The summed E-state index contributed by atoms with van der Waals surface area (Å²) in [5.41, 5.74) is 1.69. The lowest BCUT2D eigenvalue weighted by Crippen LogP contribution is -2.30. The Hall–Kier alpha value is -2.53. The van der Waals surface area contributed by atoms with Crippen LogP contribution in [0.1, 0.15) is 17.4 Å². The average molecular weight is 338 g/mol. The highest BCUT2D eigenvalue weighted by Gasteiger charge is 2.21. The lowest BCUT2D eigenvalue weighted by molar-refractivity contribution is -0.119. The number of nitrogens with zero attached hydrogens (tertiary/aromatic N) is 1. The molecule has 1 amide bonds. The molecule has 5 heteroatoms. The van der Waals surface area contributed by atoms with Gasteiger partial charge in [0.05, 0.1) is 5.75 Å². The first kappa shape index (κ1) is 16.3. The van der Waals surface area contributed by atoms with Crippen LogP contribution in [0, 0.1) is 0 Å². The number of carbonyl (C=O) groups excluding carboxylic acids is 1. The number of furan rings is 1. The van der Waals surface area contributed by atoms with Crippen molar-refractivity contribution in [2.75, 3.05) is 11.5 Å². The van der Waals surface area contributed by atoms with Crippen LogP contribution in [0.2, 0.25) is 0 Å². The third-order valence-corrected chi connectivity index (χ3v) is 4.46. The summed E-state index contributed by atoms with van der Waals surface area (Å²) in [6, 6.07) is 13.2. The molecule has 4 nitrogen and oxygen atoms in total. The minimum absolute atomic E-state index is 0.0452. The van der Waals surface area contributed by atoms with Crippen LogP contribution in [0.15, 0.2) is 71.9 Å². The summed E-state index contributed by atoms with van der Waals surface area (Å²) in [5.74, 6) is 1.78. The molecule has 1 unspecified atom stereocenters. The van der Waals surface area contributed by atoms with E-state index in [1.807, 2.05) is 42.5 Å². The minimum atomic E-state index is -0.358. The lowest BCUT2D eigenvalue weighted by atomic mass is 10.1. The molecule has 2 heterocycles. The van der Waals surface area contributed by atoms with Gasteiger partial charge < -0.3 is 9.73 Å². The molecule has 0 bridgehead atoms. The zero-order chi connectivity index (χ0) is 16.8. The topological polar surface area (TPSA) is 55.1 Å². The number of rotatable bonds is 7. The second-order valence-electron chi connectivity index (χ2n) is 5.28. The molecule has 1 atom stereocenters. The quantitative estimate of drug-likeness (QED) is 0.523. The Bertz CT molecular complexity index is 797. The van der Waals surface area contributed by atoms with E-state index in [9.17, 15) is 4.79 Å². The van der Waals surface area contributed by atoms with Crippen molar-refractivity contribution >= 4 is 28.6 Å². The Morgan fingerprint density at radius 1 is 1.33 bits per heavy atom.